The highest BCUT2D eigenvalue weighted by atomic mass is 16.3. The highest BCUT2D eigenvalue weighted by Crippen LogP contribution is 2.37. The molecule has 0 saturated carbocycles. The van der Waals surface area contributed by atoms with E-state index < -0.39 is 11.6 Å². The highest BCUT2D eigenvalue weighted by Gasteiger charge is 2.46. The number of aryl methyl sites for hydroxylation is 1. The normalized spacial score (nSPS) is 22.9. The van der Waals surface area contributed by atoms with Crippen LogP contribution in [0.2, 0.25) is 0 Å². The van der Waals surface area contributed by atoms with Crippen molar-refractivity contribution in [1.29, 1.82) is 0 Å². The first-order valence-electron chi connectivity index (χ1n) is 9.31. The van der Waals surface area contributed by atoms with E-state index >= 15 is 0 Å². The van der Waals surface area contributed by atoms with E-state index in [2.05, 4.69) is 0 Å². The number of aromatic nitrogens is 1. The summed E-state index contributed by atoms with van der Waals surface area (Å²) in [5.74, 6) is -0.213. The monoisotopic (exact) mass is 369 g/mol. The van der Waals surface area contributed by atoms with Gasteiger partial charge in [0.1, 0.15) is 0 Å². The van der Waals surface area contributed by atoms with Gasteiger partial charge in [0.25, 0.3) is 11.5 Å². The number of β-amino-alcohol motifs (C(OH)–C–C–N with tert-alkyl or cyclic N) is 1. The van der Waals surface area contributed by atoms with Crippen molar-refractivity contribution in [3.05, 3.63) is 70.1 Å². The molecule has 1 saturated heterocycles. The van der Waals surface area contributed by atoms with Gasteiger partial charge >= 0.3 is 0 Å². The van der Waals surface area contributed by atoms with Crippen LogP contribution < -0.4 is 5.56 Å². The summed E-state index contributed by atoms with van der Waals surface area (Å²) < 4.78 is 1.55. The van der Waals surface area contributed by atoms with Crippen LogP contribution in [0, 0.1) is 0 Å². The number of benzene rings is 1. The molecule has 1 amide bonds. The van der Waals surface area contributed by atoms with Crippen molar-refractivity contribution >= 4 is 5.91 Å². The lowest BCUT2D eigenvalue weighted by atomic mass is 9.77. The number of pyridine rings is 1. The molecule has 27 heavy (non-hydrogen) atoms. The number of aliphatic hydroxyl groups is 1. The zero-order valence-electron chi connectivity index (χ0n) is 16.1. The van der Waals surface area contributed by atoms with Crippen molar-refractivity contribution < 1.29 is 9.90 Å². The predicted molar refractivity (Wildman–Crippen MR) is 105 cm³/mol. The van der Waals surface area contributed by atoms with Gasteiger partial charge in [-0.2, -0.15) is 0 Å². The van der Waals surface area contributed by atoms with E-state index in [1.165, 1.54) is 6.07 Å². The molecule has 0 bridgehead atoms. The Bertz CT molecular complexity index is 862. The zero-order valence-corrected chi connectivity index (χ0v) is 16.1. The minimum atomic E-state index is -0.733. The van der Waals surface area contributed by atoms with Gasteiger partial charge in [0.05, 0.1) is 11.6 Å². The van der Waals surface area contributed by atoms with Crippen molar-refractivity contribution in [3.8, 4) is 0 Å². The van der Waals surface area contributed by atoms with Gasteiger partial charge in [-0.3, -0.25) is 14.5 Å². The van der Waals surface area contributed by atoms with Crippen LogP contribution in [0.25, 0.3) is 0 Å². The molecular formula is C21H27N3O3. The minimum Gasteiger partial charge on any atom is -0.389 e. The van der Waals surface area contributed by atoms with Crippen LogP contribution in [0.5, 0.6) is 0 Å². The Kier molecular flexibility index (Phi) is 5.48. The summed E-state index contributed by atoms with van der Waals surface area (Å²) in [6, 6.07) is 13.0. The molecule has 3 rings (SSSR count). The standard InChI is InChI=1S/C21H27N3O3/c1-4-23-12-10-16(14-19(23)26)20(27)24-13-11-21(22(2)3,18(25)15-24)17-8-6-5-7-9-17/h5-10,12,14,18,25H,4,11,13,15H2,1-3H3/t18-,21+/m1/s1. The summed E-state index contributed by atoms with van der Waals surface area (Å²) in [4.78, 5) is 28.6. The first-order chi connectivity index (χ1) is 12.9. The van der Waals surface area contributed by atoms with Crippen molar-refractivity contribution in [3.63, 3.8) is 0 Å². The van der Waals surface area contributed by atoms with Gasteiger partial charge in [0, 0.05) is 37.5 Å². The maximum absolute atomic E-state index is 12.9. The number of piperidine rings is 1. The molecule has 1 aliphatic rings. The topological polar surface area (TPSA) is 65.8 Å². The lowest BCUT2D eigenvalue weighted by Gasteiger charge is -2.49. The molecule has 2 heterocycles. The maximum Gasteiger partial charge on any atom is 0.254 e. The number of aliphatic hydroxyl groups excluding tert-OH is 1. The first kappa shape index (κ1) is 19.3. The van der Waals surface area contributed by atoms with Crippen LogP contribution in [-0.2, 0) is 12.1 Å². The number of rotatable bonds is 4. The van der Waals surface area contributed by atoms with E-state index in [1.54, 1.807) is 21.7 Å². The molecule has 1 fully saturated rings. The molecule has 0 spiro atoms. The summed E-state index contributed by atoms with van der Waals surface area (Å²) in [6.45, 7) is 3.19. The number of carbonyl (C=O) groups excluding carboxylic acids is 1. The van der Waals surface area contributed by atoms with Crippen molar-refractivity contribution in [2.24, 2.45) is 0 Å². The number of hydrogen-bond donors (Lipinski definition) is 1. The third-order valence-electron chi connectivity index (χ3n) is 5.65. The Balaban J connectivity index is 1.84. The lowest BCUT2D eigenvalue weighted by Crippen LogP contribution is -2.60. The van der Waals surface area contributed by atoms with E-state index in [0.29, 0.717) is 25.1 Å². The summed E-state index contributed by atoms with van der Waals surface area (Å²) in [7, 11) is 3.91. The van der Waals surface area contributed by atoms with Crippen molar-refractivity contribution in [2.45, 2.75) is 31.5 Å². The van der Waals surface area contributed by atoms with Crippen LogP contribution in [0.1, 0.15) is 29.3 Å². The van der Waals surface area contributed by atoms with Gasteiger partial charge in [-0.25, -0.2) is 0 Å². The number of carbonyl (C=O) groups is 1. The summed E-state index contributed by atoms with van der Waals surface area (Å²) >= 11 is 0. The fourth-order valence-electron chi connectivity index (χ4n) is 4.04. The van der Waals surface area contributed by atoms with Gasteiger partial charge < -0.3 is 14.6 Å². The van der Waals surface area contributed by atoms with E-state index in [-0.39, 0.29) is 18.0 Å². The second-order valence-corrected chi connectivity index (χ2v) is 7.24. The Hall–Kier alpha value is -2.44. The molecule has 1 aromatic heterocycles. The number of amides is 1. The third kappa shape index (κ3) is 3.42. The van der Waals surface area contributed by atoms with Gasteiger partial charge in [0.2, 0.25) is 0 Å². The van der Waals surface area contributed by atoms with Crippen LogP contribution >= 0.6 is 0 Å². The van der Waals surface area contributed by atoms with Gasteiger partial charge in [-0.1, -0.05) is 30.3 Å². The number of likely N-dealkylation sites (tertiary alicyclic amines) is 1. The van der Waals surface area contributed by atoms with Gasteiger partial charge in [-0.05, 0) is 39.1 Å². The molecule has 2 aromatic rings. The quantitative estimate of drug-likeness (QED) is 0.888. The number of likely N-dealkylation sites (N-methyl/N-ethyl adjacent to an activating group) is 1. The van der Waals surface area contributed by atoms with E-state index in [1.807, 2.05) is 56.3 Å². The molecule has 1 N–H and O–H groups in total. The number of hydrogen-bond acceptors (Lipinski definition) is 4. The van der Waals surface area contributed by atoms with E-state index in [0.717, 1.165) is 5.56 Å². The molecule has 6 heteroatoms. The summed E-state index contributed by atoms with van der Waals surface area (Å²) in [5.41, 5.74) is 0.686. The Morgan fingerprint density at radius 2 is 1.96 bits per heavy atom. The van der Waals surface area contributed by atoms with Crippen molar-refractivity contribution in [1.82, 2.24) is 14.4 Å². The van der Waals surface area contributed by atoms with Gasteiger partial charge in [0.15, 0.2) is 0 Å². The van der Waals surface area contributed by atoms with Crippen LogP contribution in [-0.4, -0.2) is 58.7 Å². The summed E-state index contributed by atoms with van der Waals surface area (Å²) in [5, 5.41) is 11.0. The molecule has 6 nitrogen and oxygen atoms in total. The molecule has 2 atom stereocenters. The largest absolute Gasteiger partial charge is 0.389 e. The average molecular weight is 369 g/mol. The van der Waals surface area contributed by atoms with Crippen LogP contribution in [0.15, 0.2) is 53.5 Å². The third-order valence-corrected chi connectivity index (χ3v) is 5.65. The van der Waals surface area contributed by atoms with Crippen LogP contribution in [0.3, 0.4) is 0 Å². The second kappa shape index (κ2) is 7.66. The first-order valence-corrected chi connectivity index (χ1v) is 9.31. The fraction of sp³-hybridized carbons (Fsp3) is 0.429. The lowest BCUT2D eigenvalue weighted by molar-refractivity contribution is -0.0612. The molecule has 144 valence electrons. The molecule has 1 aliphatic heterocycles. The highest BCUT2D eigenvalue weighted by molar-refractivity contribution is 5.94. The molecule has 0 aliphatic carbocycles. The Labute approximate surface area is 159 Å². The smallest absolute Gasteiger partial charge is 0.254 e. The fourth-order valence-corrected chi connectivity index (χ4v) is 4.04. The maximum atomic E-state index is 12.9. The van der Waals surface area contributed by atoms with E-state index in [4.69, 9.17) is 0 Å². The molecule has 0 radical (unpaired) electrons. The summed E-state index contributed by atoms with van der Waals surface area (Å²) in [6.07, 6.45) is 1.52. The molecule has 0 unspecified atom stereocenters. The molecule has 1 aromatic carbocycles. The van der Waals surface area contributed by atoms with Gasteiger partial charge in [-0.15, -0.1) is 0 Å². The van der Waals surface area contributed by atoms with Crippen LogP contribution in [0.4, 0.5) is 0 Å². The second-order valence-electron chi connectivity index (χ2n) is 7.24. The Morgan fingerprint density at radius 3 is 2.52 bits per heavy atom. The number of nitrogens with zero attached hydrogens (tertiary/aromatic N) is 3. The molecular weight excluding hydrogens is 342 g/mol. The van der Waals surface area contributed by atoms with Crippen molar-refractivity contribution in [2.75, 3.05) is 27.2 Å². The van der Waals surface area contributed by atoms with E-state index in [9.17, 15) is 14.7 Å². The Morgan fingerprint density at radius 1 is 1.26 bits per heavy atom. The SMILES string of the molecule is CCn1ccc(C(=O)N2CC[C@@](c3ccccc3)(N(C)C)[C@H](O)C2)cc1=O. The predicted octanol–water partition coefficient (Wildman–Crippen LogP) is 1.53. The zero-order chi connectivity index (χ0) is 19.6. The average Bonchev–Trinajstić information content (AvgIpc) is 2.67. The minimum absolute atomic E-state index is 0.187.